The topological polar surface area (TPSA) is 72.8 Å². The molecule has 0 spiro atoms. The summed E-state index contributed by atoms with van der Waals surface area (Å²) >= 11 is 0. The SMILES string of the molecule is CCC(O)(C#CCC(C)C1=CCC2C(=CC=C3CC(OC(C)=O)C[C@H](OC(C)=O)C3)CCC[C@]12C)CC. The van der Waals surface area contributed by atoms with Gasteiger partial charge in [0.15, 0.2) is 0 Å². The Balaban J connectivity index is 1.74. The van der Waals surface area contributed by atoms with Gasteiger partial charge in [0.2, 0.25) is 0 Å². The summed E-state index contributed by atoms with van der Waals surface area (Å²) in [5, 5.41) is 10.5. The molecule has 0 aromatic rings. The Morgan fingerprint density at radius 1 is 1.16 bits per heavy atom. The average molecular weight is 511 g/mol. The molecule has 0 heterocycles. The molecular formula is C32H46O5. The predicted molar refractivity (Wildman–Crippen MR) is 146 cm³/mol. The second kappa shape index (κ2) is 12.5. The number of rotatable bonds is 7. The van der Waals surface area contributed by atoms with Gasteiger partial charge in [0, 0.05) is 39.5 Å². The maximum atomic E-state index is 11.6. The third-order valence-electron chi connectivity index (χ3n) is 8.75. The van der Waals surface area contributed by atoms with Crippen LogP contribution in [-0.4, -0.2) is 34.9 Å². The van der Waals surface area contributed by atoms with Crippen molar-refractivity contribution in [3.8, 4) is 11.8 Å². The molecular weight excluding hydrogens is 464 g/mol. The number of hydrogen-bond acceptors (Lipinski definition) is 5. The fourth-order valence-electron chi connectivity index (χ4n) is 6.66. The van der Waals surface area contributed by atoms with Crippen LogP contribution in [0.1, 0.15) is 106 Å². The molecule has 0 aromatic heterocycles. The molecule has 3 unspecified atom stereocenters. The van der Waals surface area contributed by atoms with Crippen molar-refractivity contribution in [1.29, 1.82) is 0 Å². The first kappa shape index (κ1) is 29.2. The van der Waals surface area contributed by atoms with Crippen molar-refractivity contribution < 1.29 is 24.2 Å². The summed E-state index contributed by atoms with van der Waals surface area (Å²) in [7, 11) is 0. The molecule has 0 amide bonds. The van der Waals surface area contributed by atoms with E-state index in [-0.39, 0.29) is 29.6 Å². The molecule has 3 rings (SSSR count). The summed E-state index contributed by atoms with van der Waals surface area (Å²) in [5.74, 6) is 6.68. The molecule has 0 saturated heterocycles. The third kappa shape index (κ3) is 7.38. The van der Waals surface area contributed by atoms with E-state index in [2.05, 4.69) is 43.9 Å². The van der Waals surface area contributed by atoms with E-state index in [9.17, 15) is 14.7 Å². The summed E-state index contributed by atoms with van der Waals surface area (Å²) in [6.07, 6.45) is 14.9. The van der Waals surface area contributed by atoms with Crippen LogP contribution in [0.5, 0.6) is 0 Å². The van der Waals surface area contributed by atoms with Gasteiger partial charge in [-0.25, -0.2) is 0 Å². The second-order valence-corrected chi connectivity index (χ2v) is 11.5. The molecule has 0 bridgehead atoms. The smallest absolute Gasteiger partial charge is 0.302 e. The summed E-state index contributed by atoms with van der Waals surface area (Å²) in [6.45, 7) is 11.5. The summed E-state index contributed by atoms with van der Waals surface area (Å²) < 4.78 is 11.0. The normalized spacial score (nSPS) is 30.7. The average Bonchev–Trinajstić information content (AvgIpc) is 3.19. The van der Waals surface area contributed by atoms with Crippen LogP contribution in [0, 0.1) is 29.1 Å². The van der Waals surface area contributed by atoms with E-state index in [0.717, 1.165) is 31.3 Å². The maximum Gasteiger partial charge on any atom is 0.302 e. The number of esters is 2. The van der Waals surface area contributed by atoms with Crippen LogP contribution >= 0.6 is 0 Å². The zero-order valence-corrected chi connectivity index (χ0v) is 23.7. The number of carbonyl (C=O) groups is 2. The molecule has 2 fully saturated rings. The minimum absolute atomic E-state index is 0.141. The Kier molecular flexibility index (Phi) is 9.86. The van der Waals surface area contributed by atoms with Gasteiger partial charge < -0.3 is 14.6 Å². The van der Waals surface area contributed by atoms with Crippen LogP contribution in [-0.2, 0) is 19.1 Å². The van der Waals surface area contributed by atoms with Gasteiger partial charge in [0.05, 0.1) is 0 Å². The molecule has 5 nitrogen and oxygen atoms in total. The Labute approximate surface area is 223 Å². The van der Waals surface area contributed by atoms with Gasteiger partial charge in [-0.1, -0.05) is 74.5 Å². The molecule has 3 aliphatic carbocycles. The van der Waals surface area contributed by atoms with Crippen molar-refractivity contribution in [2.45, 2.75) is 124 Å². The number of aliphatic hydroxyl groups is 1. The third-order valence-corrected chi connectivity index (χ3v) is 8.75. The van der Waals surface area contributed by atoms with Crippen molar-refractivity contribution in [2.75, 3.05) is 0 Å². The van der Waals surface area contributed by atoms with Crippen LogP contribution in [0.3, 0.4) is 0 Å². The van der Waals surface area contributed by atoms with Gasteiger partial charge >= 0.3 is 11.9 Å². The minimum Gasteiger partial charge on any atom is -0.462 e. The molecule has 1 N–H and O–H groups in total. The summed E-state index contributed by atoms with van der Waals surface area (Å²) in [5.41, 5.74) is 3.44. The lowest BCUT2D eigenvalue weighted by atomic mass is 9.62. The minimum atomic E-state index is -0.869. The van der Waals surface area contributed by atoms with E-state index < -0.39 is 5.60 Å². The van der Waals surface area contributed by atoms with E-state index in [4.69, 9.17) is 9.47 Å². The van der Waals surface area contributed by atoms with Crippen LogP contribution in [0.15, 0.2) is 34.9 Å². The molecule has 2 saturated carbocycles. The first-order valence-corrected chi connectivity index (χ1v) is 14.2. The number of hydrogen-bond donors (Lipinski definition) is 1. The highest BCUT2D eigenvalue weighted by Gasteiger charge is 2.45. The van der Waals surface area contributed by atoms with Gasteiger partial charge in [0.1, 0.15) is 17.8 Å². The number of carbonyl (C=O) groups excluding carboxylic acids is 2. The van der Waals surface area contributed by atoms with E-state index in [1.54, 1.807) is 0 Å². The fraction of sp³-hybridized carbons (Fsp3) is 0.688. The Hall–Kier alpha value is -2.32. The fourth-order valence-corrected chi connectivity index (χ4v) is 6.66. The van der Waals surface area contributed by atoms with Crippen LogP contribution in [0.4, 0.5) is 0 Å². The molecule has 5 atom stereocenters. The molecule has 3 aliphatic rings. The van der Waals surface area contributed by atoms with Crippen molar-refractivity contribution >= 4 is 11.9 Å². The van der Waals surface area contributed by atoms with Gasteiger partial charge in [-0.3, -0.25) is 9.59 Å². The first-order chi connectivity index (χ1) is 17.5. The van der Waals surface area contributed by atoms with Crippen molar-refractivity contribution in [1.82, 2.24) is 0 Å². The largest absolute Gasteiger partial charge is 0.462 e. The van der Waals surface area contributed by atoms with Gasteiger partial charge in [0.25, 0.3) is 0 Å². The maximum absolute atomic E-state index is 11.6. The first-order valence-electron chi connectivity index (χ1n) is 14.2. The highest BCUT2D eigenvalue weighted by molar-refractivity contribution is 5.67. The summed E-state index contributed by atoms with van der Waals surface area (Å²) in [4.78, 5) is 23.1. The number of ether oxygens (including phenoxy) is 2. The lowest BCUT2D eigenvalue weighted by Gasteiger charge is -2.42. The lowest BCUT2D eigenvalue weighted by molar-refractivity contribution is -0.154. The Bertz CT molecular complexity index is 976. The lowest BCUT2D eigenvalue weighted by Crippen LogP contribution is -2.32. The van der Waals surface area contributed by atoms with E-state index in [1.165, 1.54) is 31.4 Å². The van der Waals surface area contributed by atoms with Gasteiger partial charge in [-0.05, 0) is 55.8 Å². The predicted octanol–water partition coefficient (Wildman–Crippen LogP) is 6.60. The quantitative estimate of drug-likeness (QED) is 0.237. The molecule has 0 aliphatic heterocycles. The van der Waals surface area contributed by atoms with Crippen LogP contribution in [0.25, 0.3) is 0 Å². The zero-order valence-electron chi connectivity index (χ0n) is 23.7. The van der Waals surface area contributed by atoms with Crippen molar-refractivity contribution in [2.24, 2.45) is 17.3 Å². The summed E-state index contributed by atoms with van der Waals surface area (Å²) in [6, 6.07) is 0. The Morgan fingerprint density at radius 3 is 2.35 bits per heavy atom. The standard InChI is InChI=1S/C32H46O5/c1-7-32(35,8-2)18-9-11-22(3)29-15-16-30-26(12-10-17-31(29,30)6)14-13-25-19-27(36-23(4)33)21-28(20-25)37-24(5)34/h13-15,22,27-28,30,35H,7-8,10-12,16-17,19-21H2,1-6H3/t22?,27-,28?,30?,31-/m1/s1. The van der Waals surface area contributed by atoms with E-state index >= 15 is 0 Å². The highest BCUT2D eigenvalue weighted by Crippen LogP contribution is 2.56. The van der Waals surface area contributed by atoms with Crippen LogP contribution in [0.2, 0.25) is 0 Å². The van der Waals surface area contributed by atoms with E-state index in [0.29, 0.717) is 43.9 Å². The van der Waals surface area contributed by atoms with Crippen LogP contribution < -0.4 is 0 Å². The van der Waals surface area contributed by atoms with Gasteiger partial charge in [-0.2, -0.15) is 0 Å². The monoisotopic (exact) mass is 510 g/mol. The molecule has 0 aromatic carbocycles. The number of allylic oxidation sites excluding steroid dienone is 5. The second-order valence-electron chi connectivity index (χ2n) is 11.5. The zero-order chi connectivity index (χ0) is 27.2. The van der Waals surface area contributed by atoms with Crippen molar-refractivity contribution in [3.05, 3.63) is 34.9 Å². The molecule has 0 radical (unpaired) electrons. The highest BCUT2D eigenvalue weighted by atomic mass is 16.6. The molecule has 5 heteroatoms. The molecule has 204 valence electrons. The Morgan fingerprint density at radius 2 is 1.78 bits per heavy atom. The molecule has 37 heavy (non-hydrogen) atoms. The number of fused-ring (bicyclic) bond motifs is 1. The van der Waals surface area contributed by atoms with E-state index in [1.807, 2.05) is 13.8 Å². The van der Waals surface area contributed by atoms with Crippen molar-refractivity contribution in [3.63, 3.8) is 0 Å². The van der Waals surface area contributed by atoms with Gasteiger partial charge in [-0.15, -0.1) is 0 Å².